The summed E-state index contributed by atoms with van der Waals surface area (Å²) in [7, 11) is 1.64. The lowest BCUT2D eigenvalue weighted by atomic mass is 9.91. The van der Waals surface area contributed by atoms with E-state index in [0.717, 1.165) is 24.2 Å². The molecule has 0 bridgehead atoms. The zero-order chi connectivity index (χ0) is 14.8. The van der Waals surface area contributed by atoms with Crippen LogP contribution in [-0.2, 0) is 12.8 Å². The Morgan fingerprint density at radius 3 is 2.90 bits per heavy atom. The largest absolute Gasteiger partial charge is 0.496 e. The molecular weight excluding hydrogens is 284 g/mol. The fourth-order valence-corrected chi connectivity index (χ4v) is 3.46. The van der Waals surface area contributed by atoms with Gasteiger partial charge in [-0.1, -0.05) is 35.9 Å². The predicted molar refractivity (Wildman–Crippen MR) is 85.2 cm³/mol. The van der Waals surface area contributed by atoms with Gasteiger partial charge in [0.2, 0.25) is 0 Å². The molecule has 1 aliphatic rings. The van der Waals surface area contributed by atoms with Gasteiger partial charge in [-0.05, 0) is 47.7 Å². The summed E-state index contributed by atoms with van der Waals surface area (Å²) in [5.74, 6) is 0.981. The molecule has 0 fully saturated rings. The monoisotopic (exact) mass is 302 g/mol. The topological polar surface area (TPSA) is 29.5 Å². The molecule has 0 heterocycles. The molecule has 2 atom stereocenters. The van der Waals surface area contributed by atoms with E-state index in [9.17, 15) is 5.11 Å². The third-order valence-electron chi connectivity index (χ3n) is 4.32. The van der Waals surface area contributed by atoms with Gasteiger partial charge < -0.3 is 9.84 Å². The molecule has 3 heteroatoms. The van der Waals surface area contributed by atoms with Gasteiger partial charge in [0.05, 0.1) is 13.2 Å². The predicted octanol–water partition coefficient (Wildman–Crippen LogP) is 3.98. The molecular formula is C18H19ClO2. The molecule has 21 heavy (non-hydrogen) atoms. The lowest BCUT2D eigenvalue weighted by molar-refractivity contribution is 0.142. The molecule has 2 unspecified atom stereocenters. The minimum Gasteiger partial charge on any atom is -0.496 e. The summed E-state index contributed by atoms with van der Waals surface area (Å²) in [6, 6.07) is 13.9. The number of benzene rings is 2. The summed E-state index contributed by atoms with van der Waals surface area (Å²) in [6.07, 6.45) is 2.19. The first-order valence-corrected chi connectivity index (χ1v) is 7.65. The van der Waals surface area contributed by atoms with Crippen LogP contribution in [0.2, 0.25) is 5.02 Å². The lowest BCUT2D eigenvalue weighted by Gasteiger charge is -2.20. The molecule has 2 aromatic carbocycles. The number of hydrogen-bond donors (Lipinski definition) is 1. The van der Waals surface area contributed by atoms with Crippen LogP contribution in [0.5, 0.6) is 5.75 Å². The van der Waals surface area contributed by atoms with Crippen molar-refractivity contribution in [3.8, 4) is 5.75 Å². The van der Waals surface area contributed by atoms with E-state index >= 15 is 0 Å². The van der Waals surface area contributed by atoms with Crippen molar-refractivity contribution < 1.29 is 9.84 Å². The third-order valence-corrected chi connectivity index (χ3v) is 4.55. The maximum absolute atomic E-state index is 10.7. The van der Waals surface area contributed by atoms with Gasteiger partial charge in [-0.3, -0.25) is 0 Å². The quantitative estimate of drug-likeness (QED) is 0.925. The maximum Gasteiger partial charge on any atom is 0.122 e. The smallest absolute Gasteiger partial charge is 0.122 e. The first-order chi connectivity index (χ1) is 10.2. The number of fused-ring (bicyclic) bond motifs is 1. The average molecular weight is 303 g/mol. The van der Waals surface area contributed by atoms with Crippen molar-refractivity contribution in [2.45, 2.75) is 31.3 Å². The van der Waals surface area contributed by atoms with Crippen LogP contribution in [-0.4, -0.2) is 18.3 Å². The van der Waals surface area contributed by atoms with Crippen molar-refractivity contribution in [2.75, 3.05) is 7.11 Å². The number of halogens is 1. The lowest BCUT2D eigenvalue weighted by Crippen LogP contribution is -2.19. The van der Waals surface area contributed by atoms with Crippen LogP contribution >= 0.6 is 11.6 Å². The SMILES string of the molecule is COc1ccc(Cl)cc1CC(O)C1CCc2ccccc21. The first-order valence-electron chi connectivity index (χ1n) is 7.27. The van der Waals surface area contributed by atoms with Gasteiger partial charge in [-0.15, -0.1) is 0 Å². The molecule has 3 rings (SSSR count). The minimum atomic E-state index is -0.416. The Bertz CT molecular complexity index is 639. The van der Waals surface area contributed by atoms with Gasteiger partial charge in [0.15, 0.2) is 0 Å². The van der Waals surface area contributed by atoms with Crippen LogP contribution in [0.1, 0.15) is 29.0 Å². The van der Waals surface area contributed by atoms with E-state index < -0.39 is 6.10 Å². The molecule has 2 nitrogen and oxygen atoms in total. The van der Waals surface area contributed by atoms with Crippen LogP contribution in [0.25, 0.3) is 0 Å². The average Bonchev–Trinajstić information content (AvgIpc) is 2.91. The van der Waals surface area contributed by atoms with E-state index in [4.69, 9.17) is 16.3 Å². The molecule has 0 amide bonds. The molecule has 0 saturated heterocycles. The van der Waals surface area contributed by atoms with Crippen LogP contribution in [0.3, 0.4) is 0 Å². The van der Waals surface area contributed by atoms with E-state index in [0.29, 0.717) is 11.4 Å². The minimum absolute atomic E-state index is 0.199. The zero-order valence-electron chi connectivity index (χ0n) is 12.1. The molecule has 0 spiro atoms. The molecule has 1 aliphatic carbocycles. The fourth-order valence-electron chi connectivity index (χ4n) is 3.26. The second-order valence-corrected chi connectivity index (χ2v) is 6.01. The van der Waals surface area contributed by atoms with E-state index in [2.05, 4.69) is 18.2 Å². The van der Waals surface area contributed by atoms with Crippen LogP contribution in [0.4, 0.5) is 0 Å². The normalized spacial score (nSPS) is 18.3. The molecule has 0 aliphatic heterocycles. The zero-order valence-corrected chi connectivity index (χ0v) is 12.8. The Morgan fingerprint density at radius 1 is 1.29 bits per heavy atom. The maximum atomic E-state index is 10.7. The third kappa shape index (κ3) is 2.92. The van der Waals surface area contributed by atoms with Gasteiger partial charge in [0, 0.05) is 17.4 Å². The highest BCUT2D eigenvalue weighted by molar-refractivity contribution is 6.30. The molecule has 0 saturated carbocycles. The Morgan fingerprint density at radius 2 is 2.10 bits per heavy atom. The highest BCUT2D eigenvalue weighted by atomic mass is 35.5. The number of aryl methyl sites for hydroxylation is 1. The summed E-state index contributed by atoms with van der Waals surface area (Å²) in [5.41, 5.74) is 3.60. The molecule has 2 aromatic rings. The molecule has 1 N–H and O–H groups in total. The van der Waals surface area contributed by atoms with Gasteiger partial charge in [0.25, 0.3) is 0 Å². The standard InChI is InChI=1S/C18H19ClO2/c1-21-18-9-7-14(19)10-13(18)11-17(20)16-8-6-12-4-2-3-5-15(12)16/h2-5,7,9-10,16-17,20H,6,8,11H2,1H3. The fraction of sp³-hybridized carbons (Fsp3) is 0.333. The van der Waals surface area contributed by atoms with E-state index in [1.165, 1.54) is 11.1 Å². The van der Waals surface area contributed by atoms with Crippen molar-refractivity contribution >= 4 is 11.6 Å². The van der Waals surface area contributed by atoms with Crippen molar-refractivity contribution in [3.05, 3.63) is 64.2 Å². The Labute approximate surface area is 130 Å². The van der Waals surface area contributed by atoms with E-state index in [-0.39, 0.29) is 5.92 Å². The summed E-state index contributed by atoms with van der Waals surface area (Å²) in [4.78, 5) is 0. The van der Waals surface area contributed by atoms with Crippen LogP contribution < -0.4 is 4.74 Å². The molecule has 0 aromatic heterocycles. The molecule has 110 valence electrons. The highest BCUT2D eigenvalue weighted by Crippen LogP contribution is 2.37. The number of hydrogen-bond acceptors (Lipinski definition) is 2. The van der Waals surface area contributed by atoms with Crippen molar-refractivity contribution in [1.29, 1.82) is 0 Å². The van der Waals surface area contributed by atoms with Crippen molar-refractivity contribution in [1.82, 2.24) is 0 Å². The summed E-state index contributed by atoms with van der Waals surface area (Å²) >= 11 is 6.06. The first kappa shape index (κ1) is 14.4. The number of aliphatic hydroxyl groups is 1. The Kier molecular flexibility index (Phi) is 4.18. The van der Waals surface area contributed by atoms with Crippen molar-refractivity contribution in [2.24, 2.45) is 0 Å². The second kappa shape index (κ2) is 6.08. The van der Waals surface area contributed by atoms with E-state index in [1.807, 2.05) is 18.2 Å². The van der Waals surface area contributed by atoms with Gasteiger partial charge in [0.1, 0.15) is 5.75 Å². The number of rotatable bonds is 4. The van der Waals surface area contributed by atoms with Crippen LogP contribution in [0, 0.1) is 0 Å². The number of ether oxygens (including phenoxy) is 1. The van der Waals surface area contributed by atoms with E-state index in [1.54, 1.807) is 13.2 Å². The Balaban J connectivity index is 1.82. The highest BCUT2D eigenvalue weighted by Gasteiger charge is 2.28. The summed E-state index contributed by atoms with van der Waals surface area (Å²) in [5, 5.41) is 11.3. The summed E-state index contributed by atoms with van der Waals surface area (Å²) in [6.45, 7) is 0. The second-order valence-electron chi connectivity index (χ2n) is 5.57. The Hall–Kier alpha value is -1.51. The summed E-state index contributed by atoms with van der Waals surface area (Å²) < 4.78 is 5.36. The van der Waals surface area contributed by atoms with Gasteiger partial charge >= 0.3 is 0 Å². The number of methoxy groups -OCH3 is 1. The molecule has 0 radical (unpaired) electrons. The van der Waals surface area contributed by atoms with Crippen LogP contribution in [0.15, 0.2) is 42.5 Å². The number of aliphatic hydroxyl groups excluding tert-OH is 1. The van der Waals surface area contributed by atoms with Crippen molar-refractivity contribution in [3.63, 3.8) is 0 Å². The van der Waals surface area contributed by atoms with Gasteiger partial charge in [-0.2, -0.15) is 0 Å². The van der Waals surface area contributed by atoms with Gasteiger partial charge in [-0.25, -0.2) is 0 Å².